The molecule has 0 radical (unpaired) electrons. The molecule has 0 aliphatic heterocycles. The second kappa shape index (κ2) is 16.5. The minimum atomic E-state index is -0.745. The second-order valence-corrected chi connectivity index (χ2v) is 12.1. The summed E-state index contributed by atoms with van der Waals surface area (Å²) >= 11 is 0. The van der Waals surface area contributed by atoms with Gasteiger partial charge in [0.25, 0.3) is 6.47 Å². The standard InChI is InChI=1S/C25H43NO2.C3H6O2.CH2O2.2CH4/c1-4-5-6-17-8-10-21-20-9-7-18-15-19(28-23(27)16-26)11-13-25(18,3)22(20)12-14-24(17,21)2;1-2-3(4)5;2-1-3;;/h17-22H,4-16,26H2,1-3H3;2H2,1H3,(H,4,5);1H,(H,2,3);2*1H4/t17?,18?,19?,20-,21?,22?,24+,25?;;;;/m0..../s1. The lowest BCUT2D eigenvalue weighted by molar-refractivity contribution is -0.161. The number of fused-ring (bicyclic) bond motifs is 5. The van der Waals surface area contributed by atoms with Gasteiger partial charge in [-0.05, 0) is 105 Å². The first kappa shape index (κ1) is 36.4. The van der Waals surface area contributed by atoms with Crippen molar-refractivity contribution in [2.75, 3.05) is 6.54 Å². The van der Waals surface area contributed by atoms with Crippen LogP contribution < -0.4 is 5.73 Å². The van der Waals surface area contributed by atoms with E-state index in [-0.39, 0.29) is 46.4 Å². The molecule has 7 heteroatoms. The second-order valence-electron chi connectivity index (χ2n) is 12.1. The maximum atomic E-state index is 11.7. The van der Waals surface area contributed by atoms with Gasteiger partial charge in [-0.3, -0.25) is 14.4 Å². The van der Waals surface area contributed by atoms with Crippen LogP contribution in [0, 0.1) is 40.4 Å². The summed E-state index contributed by atoms with van der Waals surface area (Å²) < 4.78 is 5.64. The van der Waals surface area contributed by atoms with Crippen LogP contribution in [0.2, 0.25) is 0 Å². The zero-order valence-electron chi connectivity index (χ0n) is 23.0. The number of aliphatic carboxylic acids is 1. The van der Waals surface area contributed by atoms with Crippen LogP contribution in [0.5, 0.6) is 0 Å². The van der Waals surface area contributed by atoms with E-state index in [1.807, 2.05) is 0 Å². The van der Waals surface area contributed by atoms with Crippen molar-refractivity contribution in [3.05, 3.63) is 0 Å². The Morgan fingerprint density at radius 3 is 2.11 bits per heavy atom. The molecule has 224 valence electrons. The van der Waals surface area contributed by atoms with E-state index >= 15 is 0 Å². The monoisotopic (exact) mass is 541 g/mol. The summed E-state index contributed by atoms with van der Waals surface area (Å²) in [4.78, 5) is 29.4. The van der Waals surface area contributed by atoms with Crippen LogP contribution in [-0.4, -0.2) is 41.3 Å². The molecule has 0 saturated heterocycles. The first-order chi connectivity index (χ1) is 17.1. The van der Waals surface area contributed by atoms with Gasteiger partial charge in [-0.2, -0.15) is 0 Å². The van der Waals surface area contributed by atoms with Gasteiger partial charge in [0.2, 0.25) is 0 Å². The van der Waals surface area contributed by atoms with Gasteiger partial charge in [-0.1, -0.05) is 55.4 Å². The van der Waals surface area contributed by atoms with Crippen molar-refractivity contribution in [2.24, 2.45) is 46.2 Å². The van der Waals surface area contributed by atoms with E-state index in [2.05, 4.69) is 20.8 Å². The highest BCUT2D eigenvalue weighted by atomic mass is 16.5. The molecule has 38 heavy (non-hydrogen) atoms. The van der Waals surface area contributed by atoms with Crippen molar-refractivity contribution in [3.63, 3.8) is 0 Å². The van der Waals surface area contributed by atoms with Crippen molar-refractivity contribution in [3.8, 4) is 0 Å². The molecule has 0 bridgehead atoms. The highest BCUT2D eigenvalue weighted by Gasteiger charge is 2.60. The Labute approximate surface area is 232 Å². The van der Waals surface area contributed by atoms with Gasteiger partial charge < -0.3 is 20.7 Å². The first-order valence-corrected chi connectivity index (χ1v) is 14.3. The number of hydrogen-bond donors (Lipinski definition) is 3. The predicted octanol–water partition coefficient (Wildman–Crippen LogP) is 7.16. The Hall–Kier alpha value is -1.63. The van der Waals surface area contributed by atoms with Crippen molar-refractivity contribution in [2.45, 2.75) is 132 Å². The Bertz CT molecular complexity index is 729. The fourth-order valence-corrected chi connectivity index (χ4v) is 8.59. The zero-order valence-corrected chi connectivity index (χ0v) is 23.0. The van der Waals surface area contributed by atoms with Gasteiger partial charge in [0.1, 0.15) is 6.10 Å². The van der Waals surface area contributed by atoms with Crippen LogP contribution in [0.4, 0.5) is 0 Å². The Morgan fingerprint density at radius 1 is 0.974 bits per heavy atom. The number of carboxylic acid groups (broad SMARTS) is 2. The molecule has 0 aromatic rings. The quantitative estimate of drug-likeness (QED) is 0.240. The van der Waals surface area contributed by atoms with E-state index in [0.29, 0.717) is 10.8 Å². The smallest absolute Gasteiger partial charge is 0.319 e. The minimum absolute atomic E-state index is 0. The molecule has 4 N–H and O–H groups in total. The maximum Gasteiger partial charge on any atom is 0.319 e. The summed E-state index contributed by atoms with van der Waals surface area (Å²) in [6.07, 6.45) is 16.6. The van der Waals surface area contributed by atoms with Crippen molar-refractivity contribution < 1.29 is 29.3 Å². The number of ether oxygens (including phenoxy) is 1. The lowest BCUT2D eigenvalue weighted by Gasteiger charge is -2.61. The van der Waals surface area contributed by atoms with Gasteiger partial charge in [-0.15, -0.1) is 0 Å². The van der Waals surface area contributed by atoms with Crippen molar-refractivity contribution >= 4 is 18.4 Å². The molecule has 4 rings (SSSR count). The highest BCUT2D eigenvalue weighted by Crippen LogP contribution is 2.68. The number of carbonyl (C=O) groups excluding carboxylic acids is 1. The average Bonchev–Trinajstić information content (AvgIpc) is 3.19. The van der Waals surface area contributed by atoms with Crippen LogP contribution in [0.3, 0.4) is 0 Å². The molecule has 8 atom stereocenters. The lowest BCUT2D eigenvalue weighted by atomic mass is 9.44. The Kier molecular flexibility index (Phi) is 15.8. The van der Waals surface area contributed by atoms with E-state index < -0.39 is 5.97 Å². The first-order valence-electron chi connectivity index (χ1n) is 14.3. The number of rotatable bonds is 6. The van der Waals surface area contributed by atoms with Gasteiger partial charge in [0.15, 0.2) is 0 Å². The van der Waals surface area contributed by atoms with Gasteiger partial charge >= 0.3 is 11.9 Å². The van der Waals surface area contributed by atoms with Crippen LogP contribution in [0.15, 0.2) is 0 Å². The van der Waals surface area contributed by atoms with Crippen LogP contribution >= 0.6 is 0 Å². The molecule has 0 aromatic heterocycles. The van der Waals surface area contributed by atoms with Crippen LogP contribution in [0.1, 0.15) is 126 Å². The fraction of sp³-hybridized carbons (Fsp3) is 0.903. The highest BCUT2D eigenvalue weighted by molar-refractivity contribution is 5.71. The summed E-state index contributed by atoms with van der Waals surface area (Å²) in [6.45, 7) is 8.97. The molecule has 0 amide bonds. The normalized spacial score (nSPS) is 36.4. The number of hydrogen-bond acceptors (Lipinski definition) is 5. The van der Waals surface area contributed by atoms with Crippen molar-refractivity contribution in [1.29, 1.82) is 0 Å². The summed E-state index contributed by atoms with van der Waals surface area (Å²) in [5.74, 6) is 3.58. The molecule has 0 spiro atoms. The Balaban J connectivity index is 0.00000121. The number of carboxylic acids is 1. The van der Waals surface area contributed by atoms with Gasteiger partial charge in [0, 0.05) is 6.42 Å². The number of unbranched alkanes of at least 4 members (excludes halogenated alkanes) is 1. The molecule has 4 aliphatic carbocycles. The predicted molar refractivity (Wildman–Crippen MR) is 154 cm³/mol. The zero-order chi connectivity index (χ0) is 26.9. The van der Waals surface area contributed by atoms with Gasteiger partial charge in [-0.25, -0.2) is 0 Å². The maximum absolute atomic E-state index is 11.7. The summed E-state index contributed by atoms with van der Waals surface area (Å²) in [6, 6.07) is 0. The molecule has 0 heterocycles. The molecule has 4 saturated carbocycles. The SMILES string of the molecule is C.C.CCC(=O)O.CCCCC1CCC2[C@@H]3CCC4CC(OC(=O)CN)CCC4(C)C3CC[C@]12C.O=CO. The molecule has 4 aliphatic rings. The molecule has 7 nitrogen and oxygen atoms in total. The van der Waals surface area contributed by atoms with E-state index in [1.54, 1.807) is 6.92 Å². The molecule has 0 aromatic carbocycles. The molecule has 4 fully saturated rings. The molecular formula is C31H59NO6. The van der Waals surface area contributed by atoms with E-state index in [1.165, 1.54) is 64.2 Å². The fourth-order valence-electron chi connectivity index (χ4n) is 8.59. The third-order valence-electron chi connectivity index (χ3n) is 10.5. The number of nitrogens with two attached hydrogens (primary N) is 1. The van der Waals surface area contributed by atoms with E-state index in [9.17, 15) is 9.59 Å². The number of carbonyl (C=O) groups is 3. The topological polar surface area (TPSA) is 127 Å². The van der Waals surface area contributed by atoms with Crippen molar-refractivity contribution in [1.82, 2.24) is 0 Å². The Morgan fingerprint density at radius 2 is 1.55 bits per heavy atom. The number of esters is 1. The third kappa shape index (κ3) is 8.19. The minimum Gasteiger partial charge on any atom is -0.483 e. The summed E-state index contributed by atoms with van der Waals surface area (Å²) in [5.41, 5.74) is 6.55. The third-order valence-corrected chi connectivity index (χ3v) is 10.5. The van der Waals surface area contributed by atoms with Gasteiger partial charge in [0.05, 0.1) is 6.54 Å². The summed E-state index contributed by atoms with van der Waals surface area (Å²) in [7, 11) is 0. The average molecular weight is 542 g/mol. The van der Waals surface area contributed by atoms with E-state index in [0.717, 1.165) is 42.4 Å². The molecular weight excluding hydrogens is 482 g/mol. The lowest BCUT2D eigenvalue weighted by Crippen LogP contribution is -2.54. The summed E-state index contributed by atoms with van der Waals surface area (Å²) in [5, 5.41) is 14.6. The largest absolute Gasteiger partial charge is 0.483 e. The van der Waals surface area contributed by atoms with Crippen LogP contribution in [0.25, 0.3) is 0 Å². The van der Waals surface area contributed by atoms with Crippen LogP contribution in [-0.2, 0) is 19.1 Å². The molecule has 6 unspecified atom stereocenters. The van der Waals surface area contributed by atoms with E-state index in [4.69, 9.17) is 25.5 Å².